The van der Waals surface area contributed by atoms with Crippen LogP contribution in [-0.4, -0.2) is 55.0 Å². The van der Waals surface area contributed by atoms with Crippen LogP contribution in [0.15, 0.2) is 109 Å². The Labute approximate surface area is 309 Å². The molecular weight excluding hydrogens is 667 g/mol. The normalized spacial score (nSPS) is 21.5. The van der Waals surface area contributed by atoms with Crippen molar-refractivity contribution in [1.82, 2.24) is 15.5 Å². The van der Waals surface area contributed by atoms with Crippen LogP contribution < -0.4 is 21.1 Å². The Kier molecular flexibility index (Phi) is 13.9. The Morgan fingerprint density at radius 1 is 0.860 bits per heavy atom. The van der Waals surface area contributed by atoms with Crippen LogP contribution in [0, 0.1) is 11.8 Å². The summed E-state index contributed by atoms with van der Waals surface area (Å²) < 4.78 is 5.81. The van der Waals surface area contributed by atoms with Gasteiger partial charge in [-0.15, -0.1) is 24.8 Å². The van der Waals surface area contributed by atoms with E-state index >= 15 is 0 Å². The molecule has 0 aliphatic carbocycles. The van der Waals surface area contributed by atoms with Crippen molar-refractivity contribution < 1.29 is 14.3 Å². The summed E-state index contributed by atoms with van der Waals surface area (Å²) in [6, 6.07) is 36.9. The first kappa shape index (κ1) is 38.9. The molecule has 7 nitrogen and oxygen atoms in total. The summed E-state index contributed by atoms with van der Waals surface area (Å²) >= 11 is 0. The summed E-state index contributed by atoms with van der Waals surface area (Å²) in [6.45, 7) is 6.54. The smallest absolute Gasteiger partial charge is 0.240 e. The number of halogens is 2. The molecule has 266 valence electrons. The van der Waals surface area contributed by atoms with E-state index < -0.39 is 11.9 Å². The summed E-state index contributed by atoms with van der Waals surface area (Å²) in [7, 11) is 1.72. The summed E-state index contributed by atoms with van der Waals surface area (Å²) in [6.07, 6.45) is 1.25. The van der Waals surface area contributed by atoms with Crippen molar-refractivity contribution in [3.63, 3.8) is 0 Å². The molecule has 0 spiro atoms. The van der Waals surface area contributed by atoms with Gasteiger partial charge in [-0.1, -0.05) is 117 Å². The Balaban J connectivity index is 0.00000281. The van der Waals surface area contributed by atoms with Crippen molar-refractivity contribution in [3.8, 4) is 5.75 Å². The average Bonchev–Trinajstić information content (AvgIpc) is 3.12. The molecule has 2 amide bonds. The number of hydrogen-bond donors (Lipinski definition) is 3. The molecule has 0 aromatic heterocycles. The summed E-state index contributed by atoms with van der Waals surface area (Å²) in [5.41, 5.74) is 11.7. The highest BCUT2D eigenvalue weighted by atomic mass is 35.5. The van der Waals surface area contributed by atoms with Gasteiger partial charge in [-0.05, 0) is 53.1 Å². The fourth-order valence-electron chi connectivity index (χ4n) is 7.93. The topological polar surface area (TPSA) is 96.7 Å². The van der Waals surface area contributed by atoms with Gasteiger partial charge in [0.15, 0.2) is 0 Å². The van der Waals surface area contributed by atoms with Gasteiger partial charge < -0.3 is 21.1 Å². The zero-order chi connectivity index (χ0) is 33.6. The maximum absolute atomic E-state index is 14.2. The number of nitrogens with two attached hydrogens (primary N) is 1. The number of amides is 2. The number of nitrogens with one attached hydrogen (secondary N) is 2. The standard InChI is InChI=1S/C41H48N4O3.2ClH/c1-27(2)31-19-20-36(48-3)32(24-31)25-43-38-33-21-22-45(39(38)37(29-15-9-5-10-16-29)30-17-11-6-12-18-30)26-34(33)41(47)44-35(40(42)46)23-28-13-7-4-8-14-28;;/h4-20,24,27,33-35,37-39,43H,21-23,25-26H2,1-3H3,(H2,42,46)(H,44,47);2*1H/t33-,34-,35?,38-,39+;;/m0../s1. The van der Waals surface area contributed by atoms with Crippen molar-refractivity contribution in [3.05, 3.63) is 137 Å². The Morgan fingerprint density at radius 3 is 2.02 bits per heavy atom. The Bertz CT molecular complexity index is 1640. The maximum Gasteiger partial charge on any atom is 0.240 e. The zero-order valence-electron chi connectivity index (χ0n) is 29.0. The van der Waals surface area contributed by atoms with Crippen LogP contribution in [0.3, 0.4) is 0 Å². The van der Waals surface area contributed by atoms with E-state index in [1.54, 1.807) is 7.11 Å². The molecule has 2 unspecified atom stereocenters. The van der Waals surface area contributed by atoms with Crippen LogP contribution >= 0.6 is 24.8 Å². The van der Waals surface area contributed by atoms with Crippen molar-refractivity contribution in [2.45, 2.75) is 63.2 Å². The summed E-state index contributed by atoms with van der Waals surface area (Å²) in [4.78, 5) is 29.2. The molecule has 6 atom stereocenters. The zero-order valence-corrected chi connectivity index (χ0v) is 30.7. The fraction of sp³-hybridized carbons (Fsp3) is 0.366. The van der Waals surface area contributed by atoms with Crippen LogP contribution in [0.1, 0.15) is 59.9 Å². The number of benzene rings is 4. The second-order valence-electron chi connectivity index (χ2n) is 13.6. The van der Waals surface area contributed by atoms with Gasteiger partial charge in [-0.3, -0.25) is 14.5 Å². The molecule has 4 aromatic carbocycles. The third-order valence-electron chi connectivity index (χ3n) is 10.4. The average molecular weight is 718 g/mol. The number of piperidine rings is 3. The molecule has 4 aromatic rings. The largest absolute Gasteiger partial charge is 0.496 e. The monoisotopic (exact) mass is 716 g/mol. The second kappa shape index (κ2) is 17.9. The molecule has 0 saturated carbocycles. The molecule has 3 fully saturated rings. The first-order chi connectivity index (χ1) is 23.3. The number of carbonyl (C=O) groups is 2. The number of ether oxygens (including phenoxy) is 1. The van der Waals surface area contributed by atoms with E-state index in [0.717, 1.165) is 29.8 Å². The molecule has 3 aliphatic heterocycles. The molecule has 3 aliphatic rings. The molecular formula is C41H50Cl2N4O3. The van der Waals surface area contributed by atoms with Crippen molar-refractivity contribution >= 4 is 36.6 Å². The lowest BCUT2D eigenvalue weighted by atomic mass is 9.66. The van der Waals surface area contributed by atoms with E-state index in [1.807, 2.05) is 30.3 Å². The van der Waals surface area contributed by atoms with Gasteiger partial charge >= 0.3 is 0 Å². The SMILES string of the molecule is COc1ccc(C(C)C)cc1CN[C@H]1[C@H]2CCN(C[C@@H]2C(=O)NC(Cc2ccccc2)C(N)=O)[C@@H]1C(c1ccccc1)c1ccccc1.Cl.Cl. The van der Waals surface area contributed by atoms with Gasteiger partial charge in [-0.25, -0.2) is 0 Å². The lowest BCUT2D eigenvalue weighted by molar-refractivity contribution is -0.138. The first-order valence-electron chi connectivity index (χ1n) is 17.2. The minimum Gasteiger partial charge on any atom is -0.496 e. The van der Waals surface area contributed by atoms with E-state index in [4.69, 9.17) is 10.5 Å². The van der Waals surface area contributed by atoms with Gasteiger partial charge in [-0.2, -0.15) is 0 Å². The van der Waals surface area contributed by atoms with E-state index in [0.29, 0.717) is 25.4 Å². The number of methoxy groups -OCH3 is 1. The quantitative estimate of drug-likeness (QED) is 0.147. The lowest BCUT2D eigenvalue weighted by Crippen LogP contribution is -2.69. The van der Waals surface area contributed by atoms with Gasteiger partial charge in [0.05, 0.1) is 13.0 Å². The van der Waals surface area contributed by atoms with E-state index in [2.05, 4.69) is 108 Å². The number of fused-ring (bicyclic) bond motifs is 3. The minimum absolute atomic E-state index is 0. The van der Waals surface area contributed by atoms with Crippen LogP contribution in [0.4, 0.5) is 0 Å². The van der Waals surface area contributed by atoms with E-state index in [9.17, 15) is 9.59 Å². The van der Waals surface area contributed by atoms with Crippen LogP contribution in [-0.2, 0) is 22.6 Å². The lowest BCUT2D eigenvalue weighted by Gasteiger charge is -2.56. The number of rotatable bonds is 13. The summed E-state index contributed by atoms with van der Waals surface area (Å²) in [5.74, 6) is 0.475. The number of primary amides is 1. The first-order valence-corrected chi connectivity index (χ1v) is 17.2. The minimum atomic E-state index is -0.776. The number of hydrogen-bond acceptors (Lipinski definition) is 5. The van der Waals surface area contributed by atoms with E-state index in [1.165, 1.54) is 16.7 Å². The molecule has 2 bridgehead atoms. The van der Waals surface area contributed by atoms with Gasteiger partial charge in [0.25, 0.3) is 0 Å². The molecule has 3 heterocycles. The third kappa shape index (κ3) is 8.70. The fourth-order valence-corrected chi connectivity index (χ4v) is 7.93. The molecule has 0 radical (unpaired) electrons. The number of nitrogens with zero attached hydrogens (tertiary/aromatic N) is 1. The Morgan fingerprint density at radius 2 is 1.46 bits per heavy atom. The molecule has 3 saturated heterocycles. The van der Waals surface area contributed by atoms with Crippen molar-refractivity contribution in [2.24, 2.45) is 17.6 Å². The maximum atomic E-state index is 14.2. The van der Waals surface area contributed by atoms with Crippen molar-refractivity contribution in [2.75, 3.05) is 20.2 Å². The third-order valence-corrected chi connectivity index (χ3v) is 10.4. The van der Waals surface area contributed by atoms with Crippen LogP contribution in [0.25, 0.3) is 0 Å². The van der Waals surface area contributed by atoms with E-state index in [-0.39, 0.29) is 60.6 Å². The number of carbonyl (C=O) groups excluding carboxylic acids is 2. The van der Waals surface area contributed by atoms with Crippen LogP contribution in [0.5, 0.6) is 5.75 Å². The summed E-state index contributed by atoms with van der Waals surface area (Å²) in [5, 5.41) is 7.06. The Hall–Kier alpha value is -3.88. The van der Waals surface area contributed by atoms with Crippen LogP contribution in [0.2, 0.25) is 0 Å². The van der Waals surface area contributed by atoms with Gasteiger partial charge in [0.2, 0.25) is 11.8 Å². The molecule has 4 N–H and O–H groups in total. The van der Waals surface area contributed by atoms with Gasteiger partial charge in [0, 0.05) is 43.1 Å². The second-order valence-corrected chi connectivity index (χ2v) is 13.6. The highest BCUT2D eigenvalue weighted by Gasteiger charge is 2.52. The molecule has 7 rings (SSSR count). The van der Waals surface area contributed by atoms with Gasteiger partial charge in [0.1, 0.15) is 11.8 Å². The predicted molar refractivity (Wildman–Crippen MR) is 205 cm³/mol. The predicted octanol–water partition coefficient (Wildman–Crippen LogP) is 6.49. The molecule has 50 heavy (non-hydrogen) atoms. The highest BCUT2D eigenvalue weighted by molar-refractivity contribution is 5.88. The van der Waals surface area contributed by atoms with Crippen molar-refractivity contribution in [1.29, 1.82) is 0 Å². The highest BCUT2D eigenvalue weighted by Crippen LogP contribution is 2.44. The molecule has 9 heteroatoms.